The lowest BCUT2D eigenvalue weighted by atomic mass is 9.93. The Morgan fingerprint density at radius 2 is 1.90 bits per heavy atom. The van der Waals surface area contributed by atoms with Gasteiger partial charge in [-0.15, -0.1) is 0 Å². The Morgan fingerprint density at radius 1 is 1.29 bits per heavy atom. The molecule has 0 bridgehead atoms. The fraction of sp³-hybridized carbons (Fsp3) is 0.733. The first kappa shape index (κ1) is 16.0. The van der Waals surface area contributed by atoms with Crippen LogP contribution < -0.4 is 16.6 Å². The molecule has 2 rings (SSSR count). The van der Waals surface area contributed by atoms with Gasteiger partial charge in [0.15, 0.2) is 0 Å². The zero-order valence-electron chi connectivity index (χ0n) is 13.9. The Balaban J connectivity index is 2.43. The number of aromatic nitrogens is 2. The topological polar surface area (TPSA) is 85.1 Å². The van der Waals surface area contributed by atoms with E-state index >= 15 is 0 Å². The third-order valence-corrected chi connectivity index (χ3v) is 4.24. The molecule has 4 N–H and O–H groups in total. The van der Waals surface area contributed by atoms with Crippen molar-refractivity contribution in [3.63, 3.8) is 0 Å². The first-order valence-corrected chi connectivity index (χ1v) is 7.43. The van der Waals surface area contributed by atoms with Gasteiger partial charge < -0.3 is 15.5 Å². The predicted molar refractivity (Wildman–Crippen MR) is 85.3 cm³/mol. The van der Waals surface area contributed by atoms with Crippen molar-refractivity contribution in [3.05, 3.63) is 11.4 Å². The van der Waals surface area contributed by atoms with E-state index in [-0.39, 0.29) is 17.1 Å². The Bertz CT molecular complexity index is 526. The number of ether oxygens (including phenoxy) is 1. The number of hydrogen-bond donors (Lipinski definition) is 3. The molecule has 1 saturated heterocycles. The molecule has 0 aliphatic carbocycles. The van der Waals surface area contributed by atoms with Gasteiger partial charge in [-0.05, 0) is 27.2 Å². The van der Waals surface area contributed by atoms with E-state index in [0.717, 1.165) is 30.2 Å². The summed E-state index contributed by atoms with van der Waals surface area (Å²) < 4.78 is 5.69. The molecule has 1 aliphatic rings. The van der Waals surface area contributed by atoms with Crippen molar-refractivity contribution in [1.82, 2.24) is 9.97 Å². The molecule has 0 aromatic carbocycles. The summed E-state index contributed by atoms with van der Waals surface area (Å²) >= 11 is 0. The van der Waals surface area contributed by atoms with Crippen LogP contribution in [0.3, 0.4) is 0 Å². The third kappa shape index (κ3) is 3.11. The van der Waals surface area contributed by atoms with Crippen LogP contribution in [-0.2, 0) is 10.2 Å². The van der Waals surface area contributed by atoms with Crippen molar-refractivity contribution >= 4 is 11.6 Å². The van der Waals surface area contributed by atoms with E-state index in [1.807, 2.05) is 6.92 Å². The Kier molecular flexibility index (Phi) is 4.13. The zero-order valence-corrected chi connectivity index (χ0v) is 13.9. The fourth-order valence-corrected chi connectivity index (χ4v) is 2.38. The minimum atomic E-state index is -0.144. The van der Waals surface area contributed by atoms with Crippen molar-refractivity contribution in [1.29, 1.82) is 0 Å². The van der Waals surface area contributed by atoms with Crippen LogP contribution in [0, 0.1) is 6.92 Å². The highest BCUT2D eigenvalue weighted by Crippen LogP contribution is 2.32. The first-order valence-electron chi connectivity index (χ1n) is 7.43. The maximum atomic E-state index is 5.69. The molecule has 1 fully saturated rings. The van der Waals surface area contributed by atoms with Crippen LogP contribution in [0.25, 0.3) is 0 Å². The van der Waals surface area contributed by atoms with Crippen molar-refractivity contribution in [3.8, 4) is 0 Å². The molecule has 0 amide bonds. The molecule has 118 valence electrons. The van der Waals surface area contributed by atoms with Crippen molar-refractivity contribution in [2.45, 2.75) is 65.0 Å². The molecule has 21 heavy (non-hydrogen) atoms. The molecule has 1 aromatic heterocycles. The lowest BCUT2D eigenvalue weighted by Crippen LogP contribution is -2.42. The number of nitrogens with two attached hydrogens (primary N) is 1. The smallest absolute Gasteiger partial charge is 0.148 e. The molecule has 6 heteroatoms. The highest BCUT2D eigenvalue weighted by molar-refractivity contribution is 5.58. The van der Waals surface area contributed by atoms with Crippen molar-refractivity contribution < 1.29 is 4.74 Å². The molecular weight excluding hydrogens is 266 g/mol. The van der Waals surface area contributed by atoms with Gasteiger partial charge in [-0.2, -0.15) is 0 Å². The van der Waals surface area contributed by atoms with Gasteiger partial charge >= 0.3 is 0 Å². The summed E-state index contributed by atoms with van der Waals surface area (Å²) in [5, 5.41) is 3.55. The third-order valence-electron chi connectivity index (χ3n) is 4.24. The van der Waals surface area contributed by atoms with Gasteiger partial charge in [0.1, 0.15) is 17.5 Å². The summed E-state index contributed by atoms with van der Waals surface area (Å²) in [5.41, 5.74) is 3.33. The SMILES string of the molecule is Cc1c(NN)nc(C(C)(C)C)nc1NC1(C)CCOC1C. The van der Waals surface area contributed by atoms with Crippen LogP contribution in [-0.4, -0.2) is 28.2 Å². The summed E-state index contributed by atoms with van der Waals surface area (Å²) in [6.07, 6.45) is 1.09. The summed E-state index contributed by atoms with van der Waals surface area (Å²) in [7, 11) is 0. The number of nitrogen functional groups attached to an aromatic ring is 1. The van der Waals surface area contributed by atoms with Gasteiger partial charge in [0.2, 0.25) is 0 Å². The second kappa shape index (κ2) is 5.42. The molecule has 6 nitrogen and oxygen atoms in total. The second-order valence-electron chi connectivity index (χ2n) is 7.07. The van der Waals surface area contributed by atoms with Gasteiger partial charge in [-0.3, -0.25) is 0 Å². The van der Waals surface area contributed by atoms with Crippen LogP contribution in [0.4, 0.5) is 11.6 Å². The highest BCUT2D eigenvalue weighted by atomic mass is 16.5. The van der Waals surface area contributed by atoms with Gasteiger partial charge in [-0.25, -0.2) is 15.8 Å². The number of nitrogens with zero attached hydrogens (tertiary/aromatic N) is 2. The number of nitrogens with one attached hydrogen (secondary N) is 2. The molecule has 0 radical (unpaired) electrons. The van der Waals surface area contributed by atoms with Crippen molar-refractivity contribution in [2.75, 3.05) is 17.3 Å². The predicted octanol–water partition coefficient (Wildman–Crippen LogP) is 2.35. The Hall–Kier alpha value is -1.40. The average molecular weight is 293 g/mol. The maximum Gasteiger partial charge on any atom is 0.148 e. The normalized spacial score (nSPS) is 26.0. The Labute approximate surface area is 126 Å². The van der Waals surface area contributed by atoms with E-state index in [4.69, 9.17) is 15.6 Å². The minimum absolute atomic E-state index is 0.125. The van der Waals surface area contributed by atoms with E-state index in [2.05, 4.69) is 50.3 Å². The lowest BCUT2D eigenvalue weighted by Gasteiger charge is -2.31. The molecule has 0 saturated carbocycles. The van der Waals surface area contributed by atoms with Crippen LogP contribution in [0.1, 0.15) is 52.4 Å². The average Bonchev–Trinajstić information content (AvgIpc) is 2.70. The molecule has 0 spiro atoms. The van der Waals surface area contributed by atoms with E-state index in [1.54, 1.807) is 0 Å². The van der Waals surface area contributed by atoms with E-state index in [1.165, 1.54) is 0 Å². The summed E-state index contributed by atoms with van der Waals surface area (Å²) in [4.78, 5) is 9.24. The van der Waals surface area contributed by atoms with E-state index < -0.39 is 0 Å². The van der Waals surface area contributed by atoms with Gasteiger partial charge in [0.05, 0.1) is 11.6 Å². The van der Waals surface area contributed by atoms with Crippen LogP contribution in [0.5, 0.6) is 0 Å². The fourth-order valence-electron chi connectivity index (χ4n) is 2.38. The highest BCUT2D eigenvalue weighted by Gasteiger charge is 2.38. The second-order valence-corrected chi connectivity index (χ2v) is 7.07. The van der Waals surface area contributed by atoms with Gasteiger partial charge in [0.25, 0.3) is 0 Å². The Morgan fingerprint density at radius 3 is 2.38 bits per heavy atom. The molecule has 2 heterocycles. The van der Waals surface area contributed by atoms with Gasteiger partial charge in [0, 0.05) is 17.6 Å². The zero-order chi connectivity index (χ0) is 15.8. The summed E-state index contributed by atoms with van der Waals surface area (Å²) in [6, 6.07) is 0. The van der Waals surface area contributed by atoms with E-state index in [0.29, 0.717) is 5.82 Å². The molecule has 1 aliphatic heterocycles. The molecular formula is C15H27N5O. The lowest BCUT2D eigenvalue weighted by molar-refractivity contribution is 0.105. The number of hydrogen-bond acceptors (Lipinski definition) is 6. The molecule has 1 aromatic rings. The maximum absolute atomic E-state index is 5.69. The minimum Gasteiger partial charge on any atom is -0.376 e. The first-order chi connectivity index (χ1) is 9.67. The monoisotopic (exact) mass is 293 g/mol. The summed E-state index contributed by atoms with van der Waals surface area (Å²) in [5.74, 6) is 7.85. The number of anilines is 2. The van der Waals surface area contributed by atoms with E-state index in [9.17, 15) is 0 Å². The summed E-state index contributed by atoms with van der Waals surface area (Å²) in [6.45, 7) is 13.2. The van der Waals surface area contributed by atoms with Crippen LogP contribution in [0.2, 0.25) is 0 Å². The largest absolute Gasteiger partial charge is 0.376 e. The number of rotatable bonds is 3. The van der Waals surface area contributed by atoms with Crippen LogP contribution >= 0.6 is 0 Å². The molecule has 2 atom stereocenters. The van der Waals surface area contributed by atoms with Crippen molar-refractivity contribution in [2.24, 2.45) is 5.84 Å². The quantitative estimate of drug-likeness (QED) is 0.586. The number of hydrazine groups is 1. The standard InChI is InChI=1S/C15H27N5O/c1-9-11(19-15(6)7-8-21-10(15)2)17-13(14(3,4)5)18-12(9)20-16/h10H,7-8,16H2,1-6H3,(H2,17,18,19,20). The van der Waals surface area contributed by atoms with Crippen LogP contribution in [0.15, 0.2) is 0 Å². The molecule has 2 unspecified atom stereocenters. The van der Waals surface area contributed by atoms with Gasteiger partial charge in [-0.1, -0.05) is 20.8 Å².